The van der Waals surface area contributed by atoms with E-state index in [0.717, 1.165) is 24.9 Å². The highest BCUT2D eigenvalue weighted by atomic mass is 35.5. The normalized spacial score (nSPS) is 20.4. The van der Waals surface area contributed by atoms with E-state index in [-0.39, 0.29) is 12.0 Å². The number of aliphatic hydroxyl groups excluding tert-OH is 1. The lowest BCUT2D eigenvalue weighted by Crippen LogP contribution is -2.42. The van der Waals surface area contributed by atoms with Crippen molar-refractivity contribution in [2.45, 2.75) is 25.4 Å². The molecule has 1 unspecified atom stereocenters. The molecular weight excluding hydrogens is 238 g/mol. The molecule has 1 heterocycles. The molecule has 0 aromatic heterocycles. The van der Waals surface area contributed by atoms with Gasteiger partial charge < -0.3 is 10.0 Å². The Morgan fingerprint density at radius 1 is 1.47 bits per heavy atom. The number of carbonyl (C=O) groups excluding carboxylic acids is 1. The number of nitrogens with zero attached hydrogens (tertiary/aromatic N) is 1. The molecule has 0 radical (unpaired) electrons. The van der Waals surface area contributed by atoms with Gasteiger partial charge in [-0.3, -0.25) is 4.79 Å². The minimum Gasteiger partial charge on any atom is -0.391 e. The van der Waals surface area contributed by atoms with Gasteiger partial charge in [-0.05, 0) is 24.5 Å². The standard InChI is InChI=1S/C13H16ClNO2/c14-12-6-2-1-4-10(12)8-13(17)15-7-3-5-11(16)9-15/h1-2,4,6,11,16H,3,5,7-9H2. The number of hydrogen-bond donors (Lipinski definition) is 1. The number of benzene rings is 1. The van der Waals surface area contributed by atoms with Crippen LogP contribution in [0.5, 0.6) is 0 Å². The van der Waals surface area contributed by atoms with E-state index in [4.69, 9.17) is 11.6 Å². The molecular formula is C13H16ClNO2. The molecule has 1 aliphatic rings. The first kappa shape index (κ1) is 12.4. The van der Waals surface area contributed by atoms with Gasteiger partial charge in [-0.15, -0.1) is 0 Å². The summed E-state index contributed by atoms with van der Waals surface area (Å²) in [7, 11) is 0. The second-order valence-corrected chi connectivity index (χ2v) is 4.81. The van der Waals surface area contributed by atoms with Gasteiger partial charge in [0.25, 0.3) is 0 Å². The van der Waals surface area contributed by atoms with Crippen molar-refractivity contribution in [2.75, 3.05) is 13.1 Å². The second-order valence-electron chi connectivity index (χ2n) is 4.40. The Balaban J connectivity index is 1.99. The number of halogens is 1. The van der Waals surface area contributed by atoms with Crippen molar-refractivity contribution in [3.63, 3.8) is 0 Å². The topological polar surface area (TPSA) is 40.5 Å². The summed E-state index contributed by atoms with van der Waals surface area (Å²) in [6.07, 6.45) is 1.59. The average Bonchev–Trinajstić information content (AvgIpc) is 2.32. The molecule has 4 heteroatoms. The van der Waals surface area contributed by atoms with Gasteiger partial charge in [0.05, 0.1) is 12.5 Å². The maximum atomic E-state index is 12.0. The Morgan fingerprint density at radius 3 is 2.94 bits per heavy atom. The molecule has 2 rings (SSSR count). The van der Waals surface area contributed by atoms with Crippen LogP contribution in [0.15, 0.2) is 24.3 Å². The Hall–Kier alpha value is -1.06. The van der Waals surface area contributed by atoms with E-state index in [1.165, 1.54) is 0 Å². The Labute approximate surface area is 106 Å². The Bertz CT molecular complexity index is 408. The molecule has 3 nitrogen and oxygen atoms in total. The molecule has 1 aromatic carbocycles. The maximum absolute atomic E-state index is 12.0. The molecule has 1 aliphatic heterocycles. The number of piperidine rings is 1. The van der Waals surface area contributed by atoms with Crippen LogP contribution in [0.2, 0.25) is 5.02 Å². The first-order valence-electron chi connectivity index (χ1n) is 5.86. The lowest BCUT2D eigenvalue weighted by Gasteiger charge is -2.30. The van der Waals surface area contributed by atoms with Crippen LogP contribution in [0, 0.1) is 0 Å². The predicted octanol–water partition coefficient (Wildman–Crippen LogP) is 1.87. The van der Waals surface area contributed by atoms with Crippen LogP contribution < -0.4 is 0 Å². The fraction of sp³-hybridized carbons (Fsp3) is 0.462. The predicted molar refractivity (Wildman–Crippen MR) is 67.0 cm³/mol. The van der Waals surface area contributed by atoms with Crippen molar-refractivity contribution in [1.29, 1.82) is 0 Å². The summed E-state index contributed by atoms with van der Waals surface area (Å²) in [5.41, 5.74) is 0.847. The van der Waals surface area contributed by atoms with Crippen molar-refractivity contribution < 1.29 is 9.90 Å². The van der Waals surface area contributed by atoms with E-state index in [1.54, 1.807) is 11.0 Å². The van der Waals surface area contributed by atoms with Gasteiger partial charge in [0.1, 0.15) is 0 Å². The second kappa shape index (κ2) is 5.52. The molecule has 1 N–H and O–H groups in total. The molecule has 92 valence electrons. The van der Waals surface area contributed by atoms with Crippen LogP contribution in [0.25, 0.3) is 0 Å². The number of likely N-dealkylation sites (tertiary alicyclic amines) is 1. The van der Waals surface area contributed by atoms with Gasteiger partial charge in [-0.1, -0.05) is 29.8 Å². The zero-order valence-electron chi connectivity index (χ0n) is 9.60. The fourth-order valence-corrected chi connectivity index (χ4v) is 2.30. The van der Waals surface area contributed by atoms with Gasteiger partial charge in [-0.2, -0.15) is 0 Å². The zero-order chi connectivity index (χ0) is 12.3. The third-order valence-electron chi connectivity index (χ3n) is 3.05. The summed E-state index contributed by atoms with van der Waals surface area (Å²) < 4.78 is 0. The van der Waals surface area contributed by atoms with Crippen molar-refractivity contribution in [1.82, 2.24) is 4.90 Å². The van der Waals surface area contributed by atoms with Crippen molar-refractivity contribution in [3.05, 3.63) is 34.9 Å². The molecule has 1 aromatic rings. The van der Waals surface area contributed by atoms with Gasteiger partial charge in [0.15, 0.2) is 0 Å². The van der Waals surface area contributed by atoms with Gasteiger partial charge in [0.2, 0.25) is 5.91 Å². The van der Waals surface area contributed by atoms with Gasteiger partial charge in [0, 0.05) is 18.1 Å². The lowest BCUT2D eigenvalue weighted by molar-refractivity contribution is -0.133. The SMILES string of the molecule is O=C(Cc1ccccc1Cl)N1CCCC(O)C1. The summed E-state index contributed by atoms with van der Waals surface area (Å²) in [4.78, 5) is 13.7. The molecule has 0 spiro atoms. The van der Waals surface area contributed by atoms with E-state index in [2.05, 4.69) is 0 Å². The highest BCUT2D eigenvalue weighted by Gasteiger charge is 2.22. The fourth-order valence-electron chi connectivity index (χ4n) is 2.10. The minimum absolute atomic E-state index is 0.0388. The van der Waals surface area contributed by atoms with Crippen LogP contribution in [-0.2, 0) is 11.2 Å². The molecule has 0 bridgehead atoms. The third kappa shape index (κ3) is 3.20. The summed E-state index contributed by atoms with van der Waals surface area (Å²) >= 11 is 6.02. The molecule has 17 heavy (non-hydrogen) atoms. The van der Waals surface area contributed by atoms with Crippen LogP contribution >= 0.6 is 11.6 Å². The Morgan fingerprint density at radius 2 is 2.24 bits per heavy atom. The summed E-state index contributed by atoms with van der Waals surface area (Å²) in [5, 5.41) is 10.2. The number of amides is 1. The number of rotatable bonds is 2. The maximum Gasteiger partial charge on any atom is 0.227 e. The van der Waals surface area contributed by atoms with Crippen LogP contribution in [-0.4, -0.2) is 35.1 Å². The number of hydrogen-bond acceptors (Lipinski definition) is 2. The first-order chi connectivity index (χ1) is 8.16. The lowest BCUT2D eigenvalue weighted by atomic mass is 10.1. The van der Waals surface area contributed by atoms with Gasteiger partial charge >= 0.3 is 0 Å². The van der Waals surface area contributed by atoms with Crippen molar-refractivity contribution >= 4 is 17.5 Å². The molecule has 1 amide bonds. The molecule has 0 saturated carbocycles. The summed E-state index contributed by atoms with van der Waals surface area (Å²) in [6, 6.07) is 7.37. The summed E-state index contributed by atoms with van der Waals surface area (Å²) in [5.74, 6) is 0.0388. The van der Waals surface area contributed by atoms with E-state index < -0.39 is 0 Å². The number of carbonyl (C=O) groups is 1. The first-order valence-corrected chi connectivity index (χ1v) is 6.24. The van der Waals surface area contributed by atoms with Crippen LogP contribution in [0.3, 0.4) is 0 Å². The molecule has 0 aliphatic carbocycles. The smallest absolute Gasteiger partial charge is 0.227 e. The highest BCUT2D eigenvalue weighted by Crippen LogP contribution is 2.17. The quantitative estimate of drug-likeness (QED) is 0.874. The number of β-amino-alcohol motifs (C(OH)–C–C–N with tert-alkyl or cyclic N) is 1. The third-order valence-corrected chi connectivity index (χ3v) is 3.42. The van der Waals surface area contributed by atoms with Crippen molar-refractivity contribution in [2.24, 2.45) is 0 Å². The van der Waals surface area contributed by atoms with E-state index >= 15 is 0 Å². The molecule has 1 saturated heterocycles. The molecule has 1 atom stereocenters. The largest absolute Gasteiger partial charge is 0.391 e. The minimum atomic E-state index is -0.376. The molecule has 1 fully saturated rings. The average molecular weight is 254 g/mol. The van der Waals surface area contributed by atoms with Crippen LogP contribution in [0.4, 0.5) is 0 Å². The monoisotopic (exact) mass is 253 g/mol. The van der Waals surface area contributed by atoms with E-state index in [0.29, 0.717) is 18.0 Å². The van der Waals surface area contributed by atoms with E-state index in [1.807, 2.05) is 18.2 Å². The summed E-state index contributed by atoms with van der Waals surface area (Å²) in [6.45, 7) is 1.18. The van der Waals surface area contributed by atoms with E-state index in [9.17, 15) is 9.90 Å². The van der Waals surface area contributed by atoms with Gasteiger partial charge in [-0.25, -0.2) is 0 Å². The van der Waals surface area contributed by atoms with Crippen molar-refractivity contribution in [3.8, 4) is 0 Å². The highest BCUT2D eigenvalue weighted by molar-refractivity contribution is 6.31. The van der Waals surface area contributed by atoms with Crippen LogP contribution in [0.1, 0.15) is 18.4 Å². The zero-order valence-corrected chi connectivity index (χ0v) is 10.4. The number of aliphatic hydroxyl groups is 1. The Kier molecular flexibility index (Phi) is 4.02.